The van der Waals surface area contributed by atoms with Gasteiger partial charge in [0, 0.05) is 12.6 Å². The average Bonchev–Trinajstić information content (AvgIpc) is 2.96. The number of Topliss-reactive ketones (excluding diaryl/α,β-unsaturated/α-hetero) is 1. The molecule has 1 atom stereocenters. The Morgan fingerprint density at radius 2 is 2.26 bits per heavy atom. The normalized spacial score (nSPS) is 16.9. The van der Waals surface area contributed by atoms with Crippen LogP contribution in [0.15, 0.2) is 23.4 Å². The van der Waals surface area contributed by atoms with Crippen LogP contribution in [0, 0.1) is 6.92 Å². The lowest BCUT2D eigenvalue weighted by atomic mass is 10.1. The quantitative estimate of drug-likeness (QED) is 0.679. The van der Waals surface area contributed by atoms with Gasteiger partial charge in [-0.15, -0.1) is 5.10 Å². The Balaban J connectivity index is 1.76. The van der Waals surface area contributed by atoms with Gasteiger partial charge in [0.2, 0.25) is 5.16 Å². The lowest BCUT2D eigenvalue weighted by molar-refractivity contribution is -0.125. The summed E-state index contributed by atoms with van der Waals surface area (Å²) in [5.74, 6) is 1.35. The Kier molecular flexibility index (Phi) is 4.08. The number of amides is 1. The molecule has 0 saturated heterocycles. The van der Waals surface area contributed by atoms with Crippen LogP contribution in [0.1, 0.15) is 23.1 Å². The van der Waals surface area contributed by atoms with E-state index in [4.69, 9.17) is 4.74 Å². The molecule has 1 N–H and O–H groups in total. The van der Waals surface area contributed by atoms with Crippen molar-refractivity contribution < 1.29 is 14.3 Å². The fraction of sp³-hybridized carbons (Fsp3) is 0.333. The van der Waals surface area contributed by atoms with Crippen molar-refractivity contribution in [2.24, 2.45) is 0 Å². The van der Waals surface area contributed by atoms with Crippen molar-refractivity contribution >= 4 is 29.1 Å². The predicted octanol–water partition coefficient (Wildman–Crippen LogP) is 1.83. The monoisotopic (exact) mass is 332 g/mol. The van der Waals surface area contributed by atoms with Gasteiger partial charge in [0.15, 0.2) is 11.9 Å². The first-order chi connectivity index (χ1) is 11.0. The van der Waals surface area contributed by atoms with Crippen molar-refractivity contribution in [1.82, 2.24) is 15.2 Å². The highest BCUT2D eigenvalue weighted by molar-refractivity contribution is 7.99. The summed E-state index contributed by atoms with van der Waals surface area (Å²) in [6, 6.07) is 5.12. The van der Waals surface area contributed by atoms with Gasteiger partial charge in [-0.05, 0) is 32.0 Å². The highest BCUT2D eigenvalue weighted by atomic mass is 32.2. The summed E-state index contributed by atoms with van der Waals surface area (Å²) < 4.78 is 5.55. The van der Waals surface area contributed by atoms with Crippen LogP contribution >= 0.6 is 11.8 Å². The third-order valence-electron chi connectivity index (χ3n) is 3.53. The number of aryl methyl sites for hydroxylation is 1. The molecule has 1 aromatic heterocycles. The number of nitrogens with zero attached hydrogens (tertiary/aromatic N) is 3. The first-order valence-corrected chi connectivity index (χ1v) is 8.07. The van der Waals surface area contributed by atoms with Gasteiger partial charge < -0.3 is 9.64 Å². The molecule has 0 aliphatic carbocycles. The topological polar surface area (TPSA) is 88.2 Å². The van der Waals surface area contributed by atoms with E-state index in [2.05, 4.69) is 15.2 Å². The Morgan fingerprint density at radius 1 is 1.48 bits per heavy atom. The molecular formula is C15H16N4O3S. The SMILES string of the molecule is Cc1nc(SCC(=O)c2ccc3c(c2)N(C)C(=O)C(C)O3)n[nH]1. The molecule has 120 valence electrons. The summed E-state index contributed by atoms with van der Waals surface area (Å²) in [4.78, 5) is 30.0. The zero-order valence-electron chi connectivity index (χ0n) is 13.0. The lowest BCUT2D eigenvalue weighted by Crippen LogP contribution is -2.42. The second-order valence-electron chi connectivity index (χ2n) is 5.26. The van der Waals surface area contributed by atoms with Gasteiger partial charge in [-0.2, -0.15) is 0 Å². The Bertz CT molecular complexity index is 774. The molecule has 0 bridgehead atoms. The minimum atomic E-state index is -0.515. The molecule has 0 radical (unpaired) electrons. The fourth-order valence-electron chi connectivity index (χ4n) is 2.29. The smallest absolute Gasteiger partial charge is 0.267 e. The van der Waals surface area contributed by atoms with Crippen molar-refractivity contribution in [1.29, 1.82) is 0 Å². The van der Waals surface area contributed by atoms with Gasteiger partial charge in [-0.25, -0.2) is 4.98 Å². The zero-order valence-corrected chi connectivity index (χ0v) is 13.8. The number of carbonyl (C=O) groups is 2. The number of likely N-dealkylation sites (N-methyl/N-ethyl adjacent to an activating group) is 1. The van der Waals surface area contributed by atoms with Crippen molar-refractivity contribution in [3.63, 3.8) is 0 Å². The summed E-state index contributed by atoms with van der Waals surface area (Å²) in [7, 11) is 1.68. The number of fused-ring (bicyclic) bond motifs is 1. The minimum Gasteiger partial charge on any atom is -0.479 e. The molecule has 1 amide bonds. The van der Waals surface area contributed by atoms with E-state index in [1.165, 1.54) is 16.7 Å². The highest BCUT2D eigenvalue weighted by Crippen LogP contribution is 2.34. The number of anilines is 1. The Hall–Kier alpha value is -2.35. The summed E-state index contributed by atoms with van der Waals surface area (Å²) in [5, 5.41) is 7.26. The van der Waals surface area contributed by atoms with Crippen LogP contribution in [0.4, 0.5) is 5.69 Å². The van der Waals surface area contributed by atoms with Crippen molar-refractivity contribution in [3.8, 4) is 5.75 Å². The second kappa shape index (κ2) is 6.04. The first-order valence-electron chi connectivity index (χ1n) is 7.09. The number of aromatic amines is 1. The van der Waals surface area contributed by atoms with E-state index in [1.54, 1.807) is 39.1 Å². The molecule has 1 aliphatic heterocycles. The molecule has 23 heavy (non-hydrogen) atoms. The average molecular weight is 332 g/mol. The third kappa shape index (κ3) is 3.07. The van der Waals surface area contributed by atoms with E-state index in [0.717, 1.165) is 0 Å². The maximum absolute atomic E-state index is 12.3. The van der Waals surface area contributed by atoms with Crippen molar-refractivity contribution in [2.75, 3.05) is 17.7 Å². The predicted molar refractivity (Wildman–Crippen MR) is 86.1 cm³/mol. The number of benzene rings is 1. The van der Waals surface area contributed by atoms with Gasteiger partial charge in [-0.3, -0.25) is 14.7 Å². The number of ketones is 1. The lowest BCUT2D eigenvalue weighted by Gasteiger charge is -2.30. The molecular weight excluding hydrogens is 316 g/mol. The second-order valence-corrected chi connectivity index (χ2v) is 6.20. The molecule has 0 fully saturated rings. The number of nitrogens with one attached hydrogen (secondary N) is 1. The maximum Gasteiger partial charge on any atom is 0.267 e. The minimum absolute atomic E-state index is 0.0558. The summed E-state index contributed by atoms with van der Waals surface area (Å²) in [6.45, 7) is 3.51. The van der Waals surface area contributed by atoms with Crippen molar-refractivity contribution in [2.45, 2.75) is 25.1 Å². The van der Waals surface area contributed by atoms with Crippen LogP contribution in [0.3, 0.4) is 0 Å². The van der Waals surface area contributed by atoms with E-state index in [9.17, 15) is 9.59 Å². The Labute approximate surface area is 137 Å². The zero-order chi connectivity index (χ0) is 16.6. The number of hydrogen-bond donors (Lipinski definition) is 1. The van der Waals surface area contributed by atoms with E-state index < -0.39 is 6.10 Å². The molecule has 1 aromatic carbocycles. The molecule has 7 nitrogen and oxygen atoms in total. The molecule has 0 spiro atoms. The third-order valence-corrected chi connectivity index (χ3v) is 4.38. The molecule has 8 heteroatoms. The maximum atomic E-state index is 12.3. The Morgan fingerprint density at radius 3 is 2.96 bits per heavy atom. The number of thioether (sulfide) groups is 1. The van der Waals surface area contributed by atoms with Crippen LogP contribution in [-0.2, 0) is 4.79 Å². The standard InChI is InChI=1S/C15H16N4O3S/c1-8-14(21)19(3)11-6-10(4-5-13(11)22-8)12(20)7-23-15-16-9(2)17-18-15/h4-6,8H,7H2,1-3H3,(H,16,17,18). The number of carbonyl (C=O) groups excluding carboxylic acids is 2. The number of H-pyrrole nitrogens is 1. The molecule has 1 aliphatic rings. The summed E-state index contributed by atoms with van der Waals surface area (Å²) in [5.41, 5.74) is 1.14. The van der Waals surface area contributed by atoms with Gasteiger partial charge in [-0.1, -0.05) is 11.8 Å². The van der Waals surface area contributed by atoms with Crippen LogP contribution in [0.25, 0.3) is 0 Å². The largest absolute Gasteiger partial charge is 0.479 e. The van der Waals surface area contributed by atoms with Gasteiger partial charge in [0.1, 0.15) is 11.6 Å². The molecule has 1 unspecified atom stereocenters. The molecule has 2 heterocycles. The van der Waals surface area contributed by atoms with Gasteiger partial charge in [0.05, 0.1) is 11.4 Å². The van der Waals surface area contributed by atoms with Crippen molar-refractivity contribution in [3.05, 3.63) is 29.6 Å². The molecule has 0 saturated carbocycles. The van der Waals surface area contributed by atoms with Gasteiger partial charge in [0.25, 0.3) is 5.91 Å². The van der Waals surface area contributed by atoms with Crippen LogP contribution in [0.5, 0.6) is 5.75 Å². The highest BCUT2D eigenvalue weighted by Gasteiger charge is 2.29. The number of aromatic nitrogens is 3. The van der Waals surface area contributed by atoms with Crippen LogP contribution in [0.2, 0.25) is 0 Å². The van der Waals surface area contributed by atoms with E-state index in [1.807, 2.05) is 0 Å². The van der Waals surface area contributed by atoms with Gasteiger partial charge >= 0.3 is 0 Å². The van der Waals surface area contributed by atoms with Crippen LogP contribution in [-0.4, -0.2) is 45.8 Å². The summed E-state index contributed by atoms with van der Waals surface area (Å²) >= 11 is 1.27. The number of ether oxygens (including phenoxy) is 1. The van der Waals surface area contributed by atoms with Crippen LogP contribution < -0.4 is 9.64 Å². The summed E-state index contributed by atoms with van der Waals surface area (Å²) in [6.07, 6.45) is -0.515. The number of rotatable bonds is 4. The van der Waals surface area contributed by atoms with E-state index >= 15 is 0 Å². The van der Waals surface area contributed by atoms with E-state index in [0.29, 0.717) is 28.0 Å². The van der Waals surface area contributed by atoms with E-state index in [-0.39, 0.29) is 17.4 Å². The molecule has 2 aromatic rings. The fourth-order valence-corrected chi connectivity index (χ4v) is 3.02. The first kappa shape index (κ1) is 15.5. The number of hydrogen-bond acceptors (Lipinski definition) is 6. The molecule has 3 rings (SSSR count).